The summed E-state index contributed by atoms with van der Waals surface area (Å²) in [5.41, 5.74) is 9.08. The van der Waals surface area contributed by atoms with E-state index in [2.05, 4.69) is 19.9 Å². The van der Waals surface area contributed by atoms with Crippen LogP contribution in [-0.4, -0.2) is 13.7 Å². The van der Waals surface area contributed by atoms with Gasteiger partial charge in [0.25, 0.3) is 0 Å². The molecule has 0 saturated carbocycles. The lowest BCUT2D eigenvalue weighted by Crippen LogP contribution is -1.94. The first-order chi connectivity index (χ1) is 6.69. The third-order valence-electron chi connectivity index (χ3n) is 2.22. The van der Waals surface area contributed by atoms with Gasteiger partial charge in [-0.3, -0.25) is 0 Å². The average Bonchev–Trinajstić information content (AvgIpc) is 2.16. The third kappa shape index (κ3) is 2.36. The van der Waals surface area contributed by atoms with E-state index in [0.717, 1.165) is 5.75 Å². The summed E-state index contributed by atoms with van der Waals surface area (Å²) in [5, 5.41) is 0. The maximum absolute atomic E-state index is 5.42. The van der Waals surface area contributed by atoms with Gasteiger partial charge in [-0.1, -0.05) is 12.2 Å². The van der Waals surface area contributed by atoms with Gasteiger partial charge in [-0.2, -0.15) is 0 Å². The van der Waals surface area contributed by atoms with Crippen molar-refractivity contribution < 1.29 is 4.74 Å². The Balaban J connectivity index is 3.11. The zero-order valence-electron chi connectivity index (χ0n) is 9.00. The first-order valence-corrected chi connectivity index (χ1v) is 4.71. The molecule has 0 atom stereocenters. The highest BCUT2D eigenvalue weighted by Gasteiger charge is 2.01. The molecule has 2 N–H and O–H groups in total. The lowest BCUT2D eigenvalue weighted by molar-refractivity contribution is 0.414. The number of rotatable bonds is 3. The molecule has 0 saturated heterocycles. The molecule has 0 radical (unpaired) electrons. The van der Waals surface area contributed by atoms with Crippen LogP contribution in [-0.2, 0) is 0 Å². The van der Waals surface area contributed by atoms with Gasteiger partial charge in [-0.05, 0) is 42.7 Å². The van der Waals surface area contributed by atoms with Crippen LogP contribution >= 0.6 is 0 Å². The van der Waals surface area contributed by atoms with E-state index in [1.807, 2.05) is 18.2 Å². The second kappa shape index (κ2) is 4.82. The van der Waals surface area contributed by atoms with Gasteiger partial charge in [-0.15, -0.1) is 0 Å². The molecule has 0 aromatic heterocycles. The Labute approximate surface area is 85.4 Å². The summed E-state index contributed by atoms with van der Waals surface area (Å²) in [5.74, 6) is 0.907. The van der Waals surface area contributed by atoms with E-state index in [1.165, 1.54) is 16.7 Å². The molecule has 0 heterocycles. The number of aryl methyl sites for hydroxylation is 2. The molecule has 0 aliphatic carbocycles. The average molecular weight is 191 g/mol. The molecule has 76 valence electrons. The summed E-state index contributed by atoms with van der Waals surface area (Å²) in [6.45, 7) is 4.72. The quantitative estimate of drug-likeness (QED) is 0.795. The lowest BCUT2D eigenvalue weighted by atomic mass is 10.0. The van der Waals surface area contributed by atoms with Crippen LogP contribution in [0.1, 0.15) is 16.7 Å². The molecule has 0 aliphatic rings. The van der Waals surface area contributed by atoms with E-state index in [4.69, 9.17) is 10.5 Å². The first kappa shape index (κ1) is 10.8. The second-order valence-electron chi connectivity index (χ2n) is 3.31. The minimum atomic E-state index is 0.574. The van der Waals surface area contributed by atoms with E-state index in [-0.39, 0.29) is 0 Å². The summed E-state index contributed by atoms with van der Waals surface area (Å²) in [7, 11) is 1.68. The van der Waals surface area contributed by atoms with Gasteiger partial charge in [0, 0.05) is 6.54 Å². The van der Waals surface area contributed by atoms with Gasteiger partial charge in [-0.25, -0.2) is 0 Å². The van der Waals surface area contributed by atoms with Crippen LogP contribution in [0.4, 0.5) is 0 Å². The Morgan fingerprint density at radius 3 is 2.29 bits per heavy atom. The number of benzene rings is 1. The highest BCUT2D eigenvalue weighted by Crippen LogP contribution is 2.22. The minimum absolute atomic E-state index is 0.574. The lowest BCUT2D eigenvalue weighted by Gasteiger charge is -2.08. The predicted molar refractivity (Wildman–Crippen MR) is 60.6 cm³/mol. The molecular formula is C12H17NO. The van der Waals surface area contributed by atoms with Gasteiger partial charge in [0.1, 0.15) is 5.75 Å². The molecule has 2 nitrogen and oxygen atoms in total. The molecule has 14 heavy (non-hydrogen) atoms. The molecule has 1 rings (SSSR count). The van der Waals surface area contributed by atoms with Crippen LogP contribution in [0.3, 0.4) is 0 Å². The molecular weight excluding hydrogens is 174 g/mol. The molecule has 0 spiro atoms. The fraction of sp³-hybridized carbons (Fsp3) is 0.333. The number of hydrogen-bond donors (Lipinski definition) is 1. The molecule has 0 amide bonds. The maximum Gasteiger partial charge on any atom is 0.119 e. The summed E-state index contributed by atoms with van der Waals surface area (Å²) < 4.78 is 5.19. The van der Waals surface area contributed by atoms with Gasteiger partial charge in [0.15, 0.2) is 0 Å². The van der Waals surface area contributed by atoms with E-state index in [0.29, 0.717) is 6.54 Å². The number of methoxy groups -OCH3 is 1. The van der Waals surface area contributed by atoms with Crippen LogP contribution in [0.2, 0.25) is 0 Å². The first-order valence-electron chi connectivity index (χ1n) is 4.71. The Kier molecular flexibility index (Phi) is 3.72. The molecule has 0 bridgehead atoms. The highest BCUT2D eigenvalue weighted by molar-refractivity contribution is 5.59. The molecule has 0 unspecified atom stereocenters. The molecule has 1 aromatic carbocycles. The summed E-state index contributed by atoms with van der Waals surface area (Å²) in [6.07, 6.45) is 4.02. The monoisotopic (exact) mass is 191 g/mol. The van der Waals surface area contributed by atoms with E-state index < -0.39 is 0 Å². The zero-order valence-corrected chi connectivity index (χ0v) is 9.00. The number of hydrogen-bond acceptors (Lipinski definition) is 2. The van der Waals surface area contributed by atoms with Crippen LogP contribution in [0.5, 0.6) is 5.75 Å². The van der Waals surface area contributed by atoms with Gasteiger partial charge < -0.3 is 10.5 Å². The smallest absolute Gasteiger partial charge is 0.119 e. The SMILES string of the molecule is COc1cc(C)c(/C=C/CN)c(C)c1. The van der Waals surface area contributed by atoms with Crippen LogP contribution in [0.15, 0.2) is 18.2 Å². The number of nitrogens with two attached hydrogens (primary N) is 1. The van der Waals surface area contributed by atoms with Crippen molar-refractivity contribution in [2.75, 3.05) is 13.7 Å². The molecule has 0 aliphatic heterocycles. The van der Waals surface area contributed by atoms with E-state index in [9.17, 15) is 0 Å². The second-order valence-corrected chi connectivity index (χ2v) is 3.31. The van der Waals surface area contributed by atoms with Crippen molar-refractivity contribution in [1.82, 2.24) is 0 Å². The van der Waals surface area contributed by atoms with Gasteiger partial charge >= 0.3 is 0 Å². The normalized spacial score (nSPS) is 10.9. The summed E-state index contributed by atoms with van der Waals surface area (Å²) in [4.78, 5) is 0. The zero-order chi connectivity index (χ0) is 10.6. The van der Waals surface area contributed by atoms with Crippen molar-refractivity contribution in [1.29, 1.82) is 0 Å². The fourth-order valence-corrected chi connectivity index (χ4v) is 1.50. The van der Waals surface area contributed by atoms with E-state index >= 15 is 0 Å². The molecule has 1 aromatic rings. The van der Waals surface area contributed by atoms with Crippen LogP contribution in [0.25, 0.3) is 6.08 Å². The van der Waals surface area contributed by atoms with Crippen molar-refractivity contribution >= 4 is 6.08 Å². The molecule has 2 heteroatoms. The van der Waals surface area contributed by atoms with Crippen molar-refractivity contribution in [2.24, 2.45) is 5.73 Å². The summed E-state index contributed by atoms with van der Waals surface area (Å²) in [6, 6.07) is 4.06. The standard InChI is InChI=1S/C12H17NO/c1-9-7-11(14-3)8-10(2)12(9)5-4-6-13/h4-5,7-8H,6,13H2,1-3H3/b5-4+. The summed E-state index contributed by atoms with van der Waals surface area (Å²) >= 11 is 0. The number of ether oxygens (including phenoxy) is 1. The van der Waals surface area contributed by atoms with Crippen molar-refractivity contribution in [3.8, 4) is 5.75 Å². The van der Waals surface area contributed by atoms with Crippen LogP contribution < -0.4 is 10.5 Å². The minimum Gasteiger partial charge on any atom is -0.497 e. The van der Waals surface area contributed by atoms with Gasteiger partial charge in [0.05, 0.1) is 7.11 Å². The topological polar surface area (TPSA) is 35.2 Å². The van der Waals surface area contributed by atoms with Crippen molar-refractivity contribution in [2.45, 2.75) is 13.8 Å². The third-order valence-corrected chi connectivity index (χ3v) is 2.22. The Bertz CT molecular complexity index is 319. The van der Waals surface area contributed by atoms with Crippen molar-refractivity contribution in [3.05, 3.63) is 34.9 Å². The fourth-order valence-electron chi connectivity index (χ4n) is 1.50. The Hall–Kier alpha value is -1.28. The maximum atomic E-state index is 5.42. The van der Waals surface area contributed by atoms with Crippen molar-refractivity contribution in [3.63, 3.8) is 0 Å². The highest BCUT2D eigenvalue weighted by atomic mass is 16.5. The Morgan fingerprint density at radius 2 is 1.86 bits per heavy atom. The molecule has 0 fully saturated rings. The van der Waals surface area contributed by atoms with Crippen LogP contribution in [0, 0.1) is 13.8 Å². The Morgan fingerprint density at radius 1 is 1.29 bits per heavy atom. The van der Waals surface area contributed by atoms with Gasteiger partial charge in [0.2, 0.25) is 0 Å². The van der Waals surface area contributed by atoms with E-state index in [1.54, 1.807) is 7.11 Å². The largest absolute Gasteiger partial charge is 0.497 e. The predicted octanol–water partition coefficient (Wildman–Crippen LogP) is 2.28.